The van der Waals surface area contributed by atoms with Gasteiger partial charge in [-0.3, -0.25) is 4.90 Å². The van der Waals surface area contributed by atoms with Crippen LogP contribution in [-0.2, 0) is 9.53 Å². The standard InChI is InChI=1S/C14H21N3O3.C2HF3O2/c1-10-9-20-11(2)8-17(10)7-6-16-13-12(14(18)19)4-3-5-15-13;3-2(4,5)1(6)7/h3-5,10-11H,6-9H2,1-2H3,(H,15,16)(H,18,19);(H,6,7). The van der Waals surface area contributed by atoms with E-state index >= 15 is 0 Å². The van der Waals surface area contributed by atoms with E-state index in [1.165, 1.54) is 0 Å². The highest BCUT2D eigenvalue weighted by molar-refractivity contribution is 5.92. The molecule has 1 aromatic rings. The summed E-state index contributed by atoms with van der Waals surface area (Å²) in [5, 5.41) is 19.3. The molecule has 8 nitrogen and oxygen atoms in total. The number of nitrogens with one attached hydrogen (secondary N) is 1. The van der Waals surface area contributed by atoms with Gasteiger partial charge in [0, 0.05) is 31.9 Å². The van der Waals surface area contributed by atoms with Gasteiger partial charge in [0.25, 0.3) is 0 Å². The van der Waals surface area contributed by atoms with Crippen LogP contribution in [0, 0.1) is 0 Å². The van der Waals surface area contributed by atoms with Crippen molar-refractivity contribution in [3.63, 3.8) is 0 Å². The molecule has 2 heterocycles. The second-order valence-electron chi connectivity index (χ2n) is 5.92. The van der Waals surface area contributed by atoms with Gasteiger partial charge in [-0.1, -0.05) is 0 Å². The molecule has 27 heavy (non-hydrogen) atoms. The first-order chi connectivity index (χ1) is 12.5. The van der Waals surface area contributed by atoms with E-state index in [4.69, 9.17) is 19.7 Å². The molecule has 0 saturated carbocycles. The summed E-state index contributed by atoms with van der Waals surface area (Å²) < 4.78 is 37.3. The summed E-state index contributed by atoms with van der Waals surface area (Å²) >= 11 is 0. The van der Waals surface area contributed by atoms with Crippen molar-refractivity contribution in [3.8, 4) is 0 Å². The second-order valence-corrected chi connectivity index (χ2v) is 5.92. The number of aromatic nitrogens is 1. The minimum Gasteiger partial charge on any atom is -0.478 e. The van der Waals surface area contributed by atoms with Gasteiger partial charge in [0.15, 0.2) is 0 Å². The van der Waals surface area contributed by atoms with Crippen LogP contribution in [-0.4, -0.2) is 76.6 Å². The highest BCUT2D eigenvalue weighted by Gasteiger charge is 2.38. The third-order valence-corrected chi connectivity index (χ3v) is 3.71. The Morgan fingerprint density at radius 1 is 1.37 bits per heavy atom. The lowest BCUT2D eigenvalue weighted by Crippen LogP contribution is -2.48. The SMILES string of the molecule is CC1CN(CCNc2ncccc2C(=O)O)C(C)CO1.O=C(O)C(F)(F)F. The lowest BCUT2D eigenvalue weighted by atomic mass is 10.2. The number of morpholine rings is 1. The summed E-state index contributed by atoms with van der Waals surface area (Å²) in [5.41, 5.74) is 0.205. The maximum absolute atomic E-state index is 11.1. The summed E-state index contributed by atoms with van der Waals surface area (Å²) in [7, 11) is 0. The van der Waals surface area contributed by atoms with Gasteiger partial charge >= 0.3 is 18.1 Å². The number of rotatable bonds is 5. The van der Waals surface area contributed by atoms with Crippen molar-refractivity contribution in [1.29, 1.82) is 0 Å². The highest BCUT2D eigenvalue weighted by atomic mass is 19.4. The minimum atomic E-state index is -5.08. The average molecular weight is 393 g/mol. The van der Waals surface area contributed by atoms with Crippen LogP contribution in [0.4, 0.5) is 19.0 Å². The first-order valence-corrected chi connectivity index (χ1v) is 8.10. The number of hydrogen-bond donors (Lipinski definition) is 3. The molecule has 2 atom stereocenters. The number of aromatic carboxylic acids is 1. The largest absolute Gasteiger partial charge is 0.490 e. The number of hydrogen-bond acceptors (Lipinski definition) is 6. The van der Waals surface area contributed by atoms with Crippen molar-refractivity contribution < 1.29 is 37.7 Å². The molecule has 0 spiro atoms. The van der Waals surface area contributed by atoms with Crippen molar-refractivity contribution >= 4 is 17.8 Å². The Labute approximate surface area is 153 Å². The lowest BCUT2D eigenvalue weighted by molar-refractivity contribution is -0.192. The van der Waals surface area contributed by atoms with E-state index < -0.39 is 18.1 Å². The Bertz CT molecular complexity index is 642. The molecule has 1 aliphatic heterocycles. The molecule has 2 unspecified atom stereocenters. The average Bonchev–Trinajstić information content (AvgIpc) is 2.58. The summed E-state index contributed by atoms with van der Waals surface area (Å²) in [6.45, 7) is 7.34. The lowest BCUT2D eigenvalue weighted by Gasteiger charge is -2.36. The van der Waals surface area contributed by atoms with Gasteiger partial charge in [-0.05, 0) is 26.0 Å². The normalized spacial score (nSPS) is 20.3. The molecule has 0 bridgehead atoms. The monoisotopic (exact) mass is 393 g/mol. The number of carbonyl (C=O) groups is 2. The molecule has 152 valence electrons. The van der Waals surface area contributed by atoms with Gasteiger partial charge in [0.1, 0.15) is 11.4 Å². The van der Waals surface area contributed by atoms with Crippen molar-refractivity contribution in [2.45, 2.75) is 32.2 Å². The number of carboxylic acid groups (broad SMARTS) is 2. The first kappa shape index (κ1) is 22.6. The number of ether oxygens (including phenoxy) is 1. The maximum Gasteiger partial charge on any atom is 0.490 e. The quantitative estimate of drug-likeness (QED) is 0.696. The second kappa shape index (κ2) is 10.1. The molecule has 1 aromatic heterocycles. The van der Waals surface area contributed by atoms with E-state index in [0.29, 0.717) is 18.4 Å². The number of halogens is 3. The van der Waals surface area contributed by atoms with E-state index in [1.54, 1.807) is 18.3 Å². The minimum absolute atomic E-state index is 0.205. The van der Waals surface area contributed by atoms with Crippen LogP contribution in [0.15, 0.2) is 18.3 Å². The predicted octanol–water partition coefficient (Wildman–Crippen LogP) is 1.93. The van der Waals surface area contributed by atoms with Gasteiger partial charge < -0.3 is 20.3 Å². The summed E-state index contributed by atoms with van der Waals surface area (Å²) in [6.07, 6.45) is -3.25. The van der Waals surface area contributed by atoms with Gasteiger partial charge in [-0.25, -0.2) is 14.6 Å². The van der Waals surface area contributed by atoms with E-state index in [0.717, 1.165) is 19.7 Å². The Kier molecular flexibility index (Phi) is 8.44. The Morgan fingerprint density at radius 3 is 2.56 bits per heavy atom. The molecule has 1 aliphatic rings. The summed E-state index contributed by atoms with van der Waals surface area (Å²) in [5.74, 6) is -3.30. The van der Waals surface area contributed by atoms with Crippen molar-refractivity contribution in [2.75, 3.05) is 31.6 Å². The van der Waals surface area contributed by atoms with E-state index in [9.17, 15) is 18.0 Å². The van der Waals surface area contributed by atoms with Crippen LogP contribution in [0.3, 0.4) is 0 Å². The fourth-order valence-corrected chi connectivity index (χ4v) is 2.32. The molecule has 0 aromatic carbocycles. The van der Waals surface area contributed by atoms with E-state index in [1.807, 2.05) is 0 Å². The van der Waals surface area contributed by atoms with E-state index in [2.05, 4.69) is 29.0 Å². The van der Waals surface area contributed by atoms with Gasteiger partial charge in [0.2, 0.25) is 0 Å². The molecule has 0 amide bonds. The zero-order valence-electron chi connectivity index (χ0n) is 14.9. The van der Waals surface area contributed by atoms with Gasteiger partial charge in [0.05, 0.1) is 12.7 Å². The third-order valence-electron chi connectivity index (χ3n) is 3.71. The number of aliphatic carboxylic acids is 1. The molecule has 1 saturated heterocycles. The molecular weight excluding hydrogens is 371 g/mol. The molecule has 2 rings (SSSR count). The smallest absolute Gasteiger partial charge is 0.478 e. The molecule has 1 fully saturated rings. The summed E-state index contributed by atoms with van der Waals surface area (Å²) in [6, 6.07) is 3.56. The Morgan fingerprint density at radius 2 is 2.00 bits per heavy atom. The van der Waals surface area contributed by atoms with Crippen LogP contribution in [0.2, 0.25) is 0 Å². The van der Waals surface area contributed by atoms with E-state index in [-0.39, 0.29) is 11.7 Å². The number of anilines is 1. The number of alkyl halides is 3. The topological polar surface area (TPSA) is 112 Å². The van der Waals surface area contributed by atoms with Gasteiger partial charge in [-0.2, -0.15) is 13.2 Å². The third kappa shape index (κ3) is 7.79. The van der Waals surface area contributed by atoms with Crippen LogP contribution < -0.4 is 5.32 Å². The molecule has 0 radical (unpaired) electrons. The van der Waals surface area contributed by atoms with Crippen LogP contribution >= 0.6 is 0 Å². The van der Waals surface area contributed by atoms with Gasteiger partial charge in [-0.15, -0.1) is 0 Å². The Hall–Kier alpha value is -2.40. The number of pyridine rings is 1. The fourth-order valence-electron chi connectivity index (χ4n) is 2.32. The fraction of sp³-hybridized carbons (Fsp3) is 0.562. The Balaban J connectivity index is 0.000000445. The molecule has 11 heteroatoms. The van der Waals surface area contributed by atoms with Crippen LogP contribution in [0.25, 0.3) is 0 Å². The zero-order valence-corrected chi connectivity index (χ0v) is 14.9. The first-order valence-electron chi connectivity index (χ1n) is 8.10. The molecular formula is C16H22F3N3O5. The highest BCUT2D eigenvalue weighted by Crippen LogP contribution is 2.14. The zero-order chi connectivity index (χ0) is 20.6. The summed E-state index contributed by atoms with van der Waals surface area (Å²) in [4.78, 5) is 26.4. The van der Waals surface area contributed by atoms with Crippen molar-refractivity contribution in [3.05, 3.63) is 23.9 Å². The molecule has 0 aliphatic carbocycles. The van der Waals surface area contributed by atoms with Crippen LogP contribution in [0.5, 0.6) is 0 Å². The van der Waals surface area contributed by atoms with Crippen molar-refractivity contribution in [2.24, 2.45) is 0 Å². The van der Waals surface area contributed by atoms with Crippen molar-refractivity contribution in [1.82, 2.24) is 9.88 Å². The number of nitrogens with zero attached hydrogens (tertiary/aromatic N) is 2. The number of carboxylic acids is 2. The maximum atomic E-state index is 11.1. The van der Waals surface area contributed by atoms with Crippen LogP contribution in [0.1, 0.15) is 24.2 Å². The predicted molar refractivity (Wildman–Crippen MR) is 89.8 cm³/mol. The molecule has 3 N–H and O–H groups in total.